The van der Waals surface area contributed by atoms with Gasteiger partial charge in [-0.05, 0) is 35.7 Å². The minimum atomic E-state index is 0.110. The summed E-state index contributed by atoms with van der Waals surface area (Å²) < 4.78 is 7.68. The first-order valence-electron chi connectivity index (χ1n) is 9.94. The standard InChI is InChI=1S/C24H21N3O2S/c28-23(26-13-12-19-9-4-5-11-21(19)26)17-30-24-25-15-22(18-7-2-1-3-8-18)27(24)16-20-10-6-14-29-20/h1-11,14-15H,12-13,16-17H2. The van der Waals surface area contributed by atoms with Crippen molar-refractivity contribution >= 4 is 23.4 Å². The van der Waals surface area contributed by atoms with Crippen LogP contribution in [0.1, 0.15) is 11.3 Å². The van der Waals surface area contributed by atoms with Gasteiger partial charge in [0.2, 0.25) is 5.91 Å². The van der Waals surface area contributed by atoms with Crippen LogP contribution in [0.2, 0.25) is 0 Å². The summed E-state index contributed by atoms with van der Waals surface area (Å²) >= 11 is 1.47. The molecule has 2 aromatic carbocycles. The van der Waals surface area contributed by atoms with Crippen LogP contribution in [0.3, 0.4) is 0 Å². The third-order valence-electron chi connectivity index (χ3n) is 5.30. The minimum Gasteiger partial charge on any atom is -0.467 e. The molecule has 0 atom stereocenters. The van der Waals surface area contributed by atoms with Crippen LogP contribution in [0.5, 0.6) is 0 Å². The maximum Gasteiger partial charge on any atom is 0.237 e. The summed E-state index contributed by atoms with van der Waals surface area (Å²) in [5.74, 6) is 1.31. The molecular formula is C24H21N3O2S. The quantitative estimate of drug-likeness (QED) is 0.422. The summed E-state index contributed by atoms with van der Waals surface area (Å²) in [7, 11) is 0. The van der Waals surface area contributed by atoms with Crippen molar-refractivity contribution in [2.45, 2.75) is 18.1 Å². The Morgan fingerprint density at radius 2 is 1.87 bits per heavy atom. The normalized spacial score (nSPS) is 12.9. The Hall–Kier alpha value is -3.25. The van der Waals surface area contributed by atoms with Gasteiger partial charge in [0, 0.05) is 12.2 Å². The molecule has 0 saturated carbocycles. The predicted octanol–water partition coefficient (Wildman–Crippen LogP) is 4.87. The SMILES string of the molecule is O=C(CSc1ncc(-c2ccccc2)n1Cc1ccco1)N1CCc2ccccc21. The minimum absolute atomic E-state index is 0.110. The van der Waals surface area contributed by atoms with E-state index in [4.69, 9.17) is 4.42 Å². The largest absolute Gasteiger partial charge is 0.467 e. The van der Waals surface area contributed by atoms with Gasteiger partial charge in [-0.1, -0.05) is 60.3 Å². The van der Waals surface area contributed by atoms with Crippen molar-refractivity contribution in [3.05, 3.63) is 90.5 Å². The van der Waals surface area contributed by atoms with E-state index in [9.17, 15) is 4.79 Å². The molecule has 150 valence electrons. The molecule has 0 N–H and O–H groups in total. The fourth-order valence-electron chi connectivity index (χ4n) is 3.83. The number of thioether (sulfide) groups is 1. The molecule has 0 fully saturated rings. The topological polar surface area (TPSA) is 51.3 Å². The van der Waals surface area contributed by atoms with Crippen molar-refractivity contribution < 1.29 is 9.21 Å². The number of aromatic nitrogens is 2. The maximum atomic E-state index is 12.9. The summed E-state index contributed by atoms with van der Waals surface area (Å²) in [5.41, 5.74) is 4.37. The number of fused-ring (bicyclic) bond motifs is 1. The van der Waals surface area contributed by atoms with Gasteiger partial charge >= 0.3 is 0 Å². The molecule has 5 rings (SSSR count). The van der Waals surface area contributed by atoms with Gasteiger partial charge in [-0.25, -0.2) is 4.98 Å². The molecule has 1 aliphatic rings. The summed E-state index contributed by atoms with van der Waals surface area (Å²) in [4.78, 5) is 19.5. The molecule has 0 spiro atoms. The predicted molar refractivity (Wildman–Crippen MR) is 119 cm³/mol. The highest BCUT2D eigenvalue weighted by atomic mass is 32.2. The van der Waals surface area contributed by atoms with Crippen molar-refractivity contribution in [3.63, 3.8) is 0 Å². The molecule has 1 amide bonds. The van der Waals surface area contributed by atoms with E-state index in [1.807, 2.05) is 59.6 Å². The van der Waals surface area contributed by atoms with Crippen molar-refractivity contribution in [3.8, 4) is 11.3 Å². The molecule has 0 saturated heterocycles. The number of carbonyl (C=O) groups is 1. The second-order valence-electron chi connectivity index (χ2n) is 7.17. The molecule has 5 nitrogen and oxygen atoms in total. The Bertz CT molecular complexity index is 1150. The number of benzene rings is 2. The van der Waals surface area contributed by atoms with Crippen LogP contribution in [-0.4, -0.2) is 27.8 Å². The number of nitrogens with zero attached hydrogens (tertiary/aromatic N) is 3. The van der Waals surface area contributed by atoms with Gasteiger partial charge < -0.3 is 13.9 Å². The van der Waals surface area contributed by atoms with Gasteiger partial charge in [-0.3, -0.25) is 4.79 Å². The lowest BCUT2D eigenvalue weighted by molar-refractivity contribution is -0.116. The number of rotatable bonds is 6. The van der Waals surface area contributed by atoms with Crippen molar-refractivity contribution in [2.24, 2.45) is 0 Å². The Morgan fingerprint density at radius 1 is 1.03 bits per heavy atom. The van der Waals surface area contributed by atoms with E-state index in [0.29, 0.717) is 12.3 Å². The smallest absolute Gasteiger partial charge is 0.237 e. The van der Waals surface area contributed by atoms with Gasteiger partial charge in [0.05, 0.1) is 30.5 Å². The third-order valence-corrected chi connectivity index (χ3v) is 6.27. The highest BCUT2D eigenvalue weighted by Gasteiger charge is 2.25. The van der Waals surface area contributed by atoms with E-state index in [1.165, 1.54) is 17.3 Å². The highest BCUT2D eigenvalue weighted by molar-refractivity contribution is 7.99. The molecule has 30 heavy (non-hydrogen) atoms. The molecule has 0 unspecified atom stereocenters. The van der Waals surface area contributed by atoms with Crippen LogP contribution in [0, 0.1) is 0 Å². The number of carbonyl (C=O) groups excluding carboxylic acids is 1. The summed E-state index contributed by atoms with van der Waals surface area (Å²) in [6.07, 6.45) is 4.46. The number of furan rings is 1. The Morgan fingerprint density at radius 3 is 2.70 bits per heavy atom. The number of para-hydroxylation sites is 1. The first-order chi connectivity index (χ1) is 14.8. The lowest BCUT2D eigenvalue weighted by Gasteiger charge is -2.17. The molecule has 0 bridgehead atoms. The lowest BCUT2D eigenvalue weighted by atomic mass is 10.2. The molecular weight excluding hydrogens is 394 g/mol. The van der Waals surface area contributed by atoms with Crippen LogP contribution < -0.4 is 4.90 Å². The molecule has 4 aromatic rings. The summed E-state index contributed by atoms with van der Waals surface area (Å²) in [6, 6.07) is 22.1. The number of hydrogen-bond donors (Lipinski definition) is 0. The fraction of sp³-hybridized carbons (Fsp3) is 0.167. The second-order valence-corrected chi connectivity index (χ2v) is 8.11. The Balaban J connectivity index is 1.38. The van der Waals surface area contributed by atoms with Crippen molar-refractivity contribution in [1.82, 2.24) is 9.55 Å². The van der Waals surface area contributed by atoms with Gasteiger partial charge in [0.1, 0.15) is 5.76 Å². The average Bonchev–Trinajstić information content (AvgIpc) is 3.53. The molecule has 6 heteroatoms. The van der Waals surface area contributed by atoms with E-state index < -0.39 is 0 Å². The van der Waals surface area contributed by atoms with E-state index in [1.54, 1.807) is 6.26 Å². The van der Waals surface area contributed by atoms with Gasteiger partial charge in [-0.15, -0.1) is 0 Å². The monoisotopic (exact) mass is 415 g/mol. The van der Waals surface area contributed by atoms with Crippen LogP contribution >= 0.6 is 11.8 Å². The summed E-state index contributed by atoms with van der Waals surface area (Å²) in [5, 5.41) is 0.811. The summed E-state index contributed by atoms with van der Waals surface area (Å²) in [6.45, 7) is 1.31. The third kappa shape index (κ3) is 3.66. The number of anilines is 1. The van der Waals surface area contributed by atoms with E-state index >= 15 is 0 Å². The second kappa shape index (κ2) is 8.24. The van der Waals surface area contributed by atoms with E-state index in [2.05, 4.69) is 27.8 Å². The maximum absolute atomic E-state index is 12.9. The fourth-order valence-corrected chi connectivity index (χ4v) is 4.68. The van der Waals surface area contributed by atoms with Crippen LogP contribution in [0.15, 0.2) is 88.8 Å². The number of hydrogen-bond acceptors (Lipinski definition) is 4. The molecule has 1 aliphatic heterocycles. The highest BCUT2D eigenvalue weighted by Crippen LogP contribution is 2.30. The zero-order valence-corrected chi connectivity index (χ0v) is 17.2. The van der Waals surface area contributed by atoms with Crippen LogP contribution in [0.25, 0.3) is 11.3 Å². The first kappa shape index (κ1) is 18.8. The Labute approximate surface area is 179 Å². The number of amides is 1. The Kier molecular flexibility index (Phi) is 5.15. The van der Waals surface area contributed by atoms with Crippen molar-refractivity contribution in [2.75, 3.05) is 17.2 Å². The van der Waals surface area contributed by atoms with Crippen LogP contribution in [-0.2, 0) is 17.8 Å². The zero-order valence-electron chi connectivity index (χ0n) is 16.4. The van der Waals surface area contributed by atoms with Crippen molar-refractivity contribution in [1.29, 1.82) is 0 Å². The van der Waals surface area contributed by atoms with Gasteiger partial charge in [-0.2, -0.15) is 0 Å². The molecule has 0 aliphatic carbocycles. The van der Waals surface area contributed by atoms with Gasteiger partial charge in [0.15, 0.2) is 5.16 Å². The van der Waals surface area contributed by atoms with Crippen LogP contribution in [0.4, 0.5) is 5.69 Å². The molecule has 3 heterocycles. The van der Waals surface area contributed by atoms with Gasteiger partial charge in [0.25, 0.3) is 0 Å². The molecule has 0 radical (unpaired) electrons. The first-order valence-corrected chi connectivity index (χ1v) is 10.9. The molecule has 2 aromatic heterocycles. The average molecular weight is 416 g/mol. The zero-order chi connectivity index (χ0) is 20.3. The van der Waals surface area contributed by atoms with E-state index in [0.717, 1.165) is 40.8 Å². The number of imidazole rings is 1. The lowest BCUT2D eigenvalue weighted by Crippen LogP contribution is -2.30. The van der Waals surface area contributed by atoms with E-state index in [-0.39, 0.29) is 5.91 Å².